The van der Waals surface area contributed by atoms with Crippen LogP contribution in [-0.2, 0) is 0 Å². The number of thiocarbonyl (C=S) groups is 1. The Morgan fingerprint density at radius 3 is 2.62 bits per heavy atom. The minimum Gasteiger partial charge on any atom is -0.496 e. The van der Waals surface area contributed by atoms with E-state index in [0.717, 1.165) is 39.5 Å². The molecule has 2 N–H and O–H groups in total. The highest BCUT2D eigenvalue weighted by Crippen LogP contribution is 2.33. The Balaban J connectivity index is 2.29. The average Bonchev–Trinajstić information content (AvgIpc) is 2.92. The van der Waals surface area contributed by atoms with Gasteiger partial charge in [0, 0.05) is 17.7 Å². The summed E-state index contributed by atoms with van der Waals surface area (Å²) in [7, 11) is 1.68. The Hall–Kier alpha value is -2.40. The molecule has 4 nitrogen and oxygen atoms in total. The number of aryl methyl sites for hydroxylation is 2. The topological polar surface area (TPSA) is 52.5 Å². The summed E-state index contributed by atoms with van der Waals surface area (Å²) in [5, 5.41) is 0. The lowest BCUT2D eigenvalue weighted by atomic mass is 10.00. The van der Waals surface area contributed by atoms with Crippen LogP contribution in [0.5, 0.6) is 5.75 Å². The predicted molar refractivity (Wildman–Crippen MR) is 102 cm³/mol. The average molecular weight is 339 g/mol. The van der Waals surface area contributed by atoms with Gasteiger partial charge in [0.25, 0.3) is 0 Å². The molecule has 24 heavy (non-hydrogen) atoms. The molecule has 2 aromatic heterocycles. The van der Waals surface area contributed by atoms with Crippen LogP contribution in [0.2, 0.25) is 0 Å². The molecule has 0 fully saturated rings. The first-order valence-electron chi connectivity index (χ1n) is 7.85. The number of aromatic nitrogens is 2. The number of hydrogen-bond acceptors (Lipinski definition) is 3. The van der Waals surface area contributed by atoms with Gasteiger partial charge in [-0.3, -0.25) is 0 Å². The van der Waals surface area contributed by atoms with Crippen LogP contribution in [0.1, 0.15) is 29.7 Å². The summed E-state index contributed by atoms with van der Waals surface area (Å²) in [4.78, 5) is 5.29. The van der Waals surface area contributed by atoms with Gasteiger partial charge in [0.2, 0.25) is 0 Å². The van der Waals surface area contributed by atoms with E-state index in [0.29, 0.717) is 4.99 Å². The van der Waals surface area contributed by atoms with Gasteiger partial charge in [-0.2, -0.15) is 0 Å². The second-order valence-corrected chi connectivity index (χ2v) is 6.56. The zero-order valence-corrected chi connectivity index (χ0v) is 15.1. The summed E-state index contributed by atoms with van der Waals surface area (Å²) < 4.78 is 7.45. The van der Waals surface area contributed by atoms with E-state index in [4.69, 9.17) is 27.7 Å². The van der Waals surface area contributed by atoms with Crippen molar-refractivity contribution in [3.8, 4) is 17.0 Å². The van der Waals surface area contributed by atoms with Gasteiger partial charge in [-0.15, -0.1) is 0 Å². The van der Waals surface area contributed by atoms with Gasteiger partial charge in [-0.05, 0) is 49.2 Å². The van der Waals surface area contributed by atoms with Crippen molar-refractivity contribution in [1.29, 1.82) is 0 Å². The molecular formula is C19H21N3OS. The van der Waals surface area contributed by atoms with Gasteiger partial charge < -0.3 is 14.9 Å². The Labute approximate surface area is 147 Å². The van der Waals surface area contributed by atoms with Crippen LogP contribution in [0.4, 0.5) is 0 Å². The van der Waals surface area contributed by atoms with E-state index in [1.807, 2.05) is 32.0 Å². The first-order chi connectivity index (χ1) is 11.4. The zero-order valence-electron chi connectivity index (χ0n) is 14.3. The van der Waals surface area contributed by atoms with Crippen molar-refractivity contribution in [3.05, 3.63) is 53.3 Å². The second kappa shape index (κ2) is 6.24. The molecule has 0 saturated carbocycles. The van der Waals surface area contributed by atoms with Crippen LogP contribution in [-0.4, -0.2) is 21.5 Å². The standard InChI is InChI=1S/C19H21N3OS/c1-11-5-8-16-21-17(14-6-7-15(23-4)12(2)9-14)18(22(16)10-11)13(3)19(20)24/h5-10,13H,1-4H3,(H2,20,24). The Morgan fingerprint density at radius 2 is 2.00 bits per heavy atom. The SMILES string of the molecule is COc1ccc(-c2nc3ccc(C)cn3c2C(C)C(N)=S)cc1C. The molecular weight excluding hydrogens is 318 g/mol. The Morgan fingerprint density at radius 1 is 1.25 bits per heavy atom. The van der Waals surface area contributed by atoms with E-state index in [9.17, 15) is 0 Å². The molecule has 0 radical (unpaired) electrons. The van der Waals surface area contributed by atoms with Crippen molar-refractivity contribution in [3.63, 3.8) is 0 Å². The van der Waals surface area contributed by atoms with Gasteiger partial charge in [0.05, 0.1) is 23.5 Å². The monoisotopic (exact) mass is 339 g/mol. The molecule has 1 unspecified atom stereocenters. The number of imidazole rings is 1. The third-order valence-electron chi connectivity index (χ3n) is 4.31. The van der Waals surface area contributed by atoms with Crippen LogP contribution in [0.15, 0.2) is 36.5 Å². The highest BCUT2D eigenvalue weighted by atomic mass is 32.1. The lowest BCUT2D eigenvalue weighted by molar-refractivity contribution is 0.412. The number of ether oxygens (including phenoxy) is 1. The molecule has 1 aromatic carbocycles. The molecule has 3 rings (SSSR count). The molecule has 0 spiro atoms. The van der Waals surface area contributed by atoms with Crippen LogP contribution in [0.25, 0.3) is 16.9 Å². The maximum Gasteiger partial charge on any atom is 0.137 e. The van der Waals surface area contributed by atoms with E-state index in [1.54, 1.807) is 7.11 Å². The zero-order chi connectivity index (χ0) is 17.4. The fraction of sp³-hybridized carbons (Fsp3) is 0.263. The van der Waals surface area contributed by atoms with Crippen molar-refractivity contribution in [2.24, 2.45) is 5.73 Å². The summed E-state index contributed by atoms with van der Waals surface area (Å²) in [6.45, 7) is 6.11. The van der Waals surface area contributed by atoms with Gasteiger partial charge in [-0.1, -0.05) is 25.2 Å². The van der Waals surface area contributed by atoms with Gasteiger partial charge in [0.1, 0.15) is 11.4 Å². The molecule has 1 atom stereocenters. The summed E-state index contributed by atoms with van der Waals surface area (Å²) in [5.41, 5.74) is 12.0. The first-order valence-corrected chi connectivity index (χ1v) is 8.26. The highest BCUT2D eigenvalue weighted by Gasteiger charge is 2.21. The fourth-order valence-electron chi connectivity index (χ4n) is 2.96. The molecule has 0 aliphatic carbocycles. The smallest absolute Gasteiger partial charge is 0.137 e. The molecule has 0 aliphatic heterocycles. The van der Waals surface area contributed by atoms with E-state index in [2.05, 4.69) is 29.7 Å². The molecule has 0 saturated heterocycles. The quantitative estimate of drug-likeness (QED) is 0.730. The van der Waals surface area contributed by atoms with E-state index in [-0.39, 0.29) is 5.92 Å². The predicted octanol–water partition coefficient (Wildman–Crippen LogP) is 4.02. The maximum absolute atomic E-state index is 5.95. The van der Waals surface area contributed by atoms with Crippen LogP contribution in [0, 0.1) is 13.8 Å². The lowest BCUT2D eigenvalue weighted by Gasteiger charge is -2.13. The van der Waals surface area contributed by atoms with Crippen molar-refractivity contribution < 1.29 is 4.74 Å². The van der Waals surface area contributed by atoms with Crippen molar-refractivity contribution in [2.45, 2.75) is 26.7 Å². The fourth-order valence-corrected chi connectivity index (χ4v) is 3.07. The molecule has 3 aromatic rings. The molecule has 0 bridgehead atoms. The summed E-state index contributed by atoms with van der Waals surface area (Å²) >= 11 is 5.25. The number of benzene rings is 1. The molecule has 2 heterocycles. The number of rotatable bonds is 4. The minimum absolute atomic E-state index is 0.0748. The first kappa shape index (κ1) is 16.5. The number of pyridine rings is 1. The van der Waals surface area contributed by atoms with E-state index in [1.165, 1.54) is 0 Å². The highest BCUT2D eigenvalue weighted by molar-refractivity contribution is 7.80. The minimum atomic E-state index is -0.0748. The molecule has 5 heteroatoms. The van der Waals surface area contributed by atoms with Gasteiger partial charge in [0.15, 0.2) is 0 Å². The normalized spacial score (nSPS) is 12.3. The van der Waals surface area contributed by atoms with Crippen molar-refractivity contribution >= 4 is 22.9 Å². The lowest BCUT2D eigenvalue weighted by Crippen LogP contribution is -2.18. The second-order valence-electron chi connectivity index (χ2n) is 6.09. The van der Waals surface area contributed by atoms with E-state index < -0.39 is 0 Å². The number of nitrogens with two attached hydrogens (primary N) is 1. The van der Waals surface area contributed by atoms with Crippen LogP contribution < -0.4 is 10.5 Å². The number of nitrogens with zero attached hydrogens (tertiary/aromatic N) is 2. The molecule has 0 amide bonds. The Kier molecular flexibility index (Phi) is 4.28. The third kappa shape index (κ3) is 2.76. The number of hydrogen-bond donors (Lipinski definition) is 1. The third-order valence-corrected chi connectivity index (χ3v) is 4.66. The van der Waals surface area contributed by atoms with Crippen LogP contribution >= 0.6 is 12.2 Å². The largest absolute Gasteiger partial charge is 0.496 e. The van der Waals surface area contributed by atoms with Gasteiger partial charge >= 0.3 is 0 Å². The summed E-state index contributed by atoms with van der Waals surface area (Å²) in [6.07, 6.45) is 2.08. The van der Waals surface area contributed by atoms with Gasteiger partial charge in [-0.25, -0.2) is 4.98 Å². The maximum atomic E-state index is 5.95. The number of methoxy groups -OCH3 is 1. The molecule has 124 valence electrons. The number of fused-ring (bicyclic) bond motifs is 1. The van der Waals surface area contributed by atoms with Crippen molar-refractivity contribution in [2.75, 3.05) is 7.11 Å². The molecule has 0 aliphatic rings. The van der Waals surface area contributed by atoms with E-state index >= 15 is 0 Å². The summed E-state index contributed by atoms with van der Waals surface area (Å²) in [6, 6.07) is 10.2. The summed E-state index contributed by atoms with van der Waals surface area (Å²) in [5.74, 6) is 0.788. The van der Waals surface area contributed by atoms with Crippen LogP contribution in [0.3, 0.4) is 0 Å². The van der Waals surface area contributed by atoms with Crippen molar-refractivity contribution in [1.82, 2.24) is 9.38 Å². The Bertz CT molecular complexity index is 930.